The molecule has 0 bridgehead atoms. The second-order valence-corrected chi connectivity index (χ2v) is 6.81. The Bertz CT molecular complexity index is 1120. The summed E-state index contributed by atoms with van der Waals surface area (Å²) in [4.78, 5) is 36.0. The average molecular weight is 432 g/mol. The lowest BCUT2D eigenvalue weighted by Gasteiger charge is -2.08. The van der Waals surface area contributed by atoms with Crippen molar-refractivity contribution in [3.05, 3.63) is 71.4 Å². The first-order chi connectivity index (χ1) is 14.7. The summed E-state index contributed by atoms with van der Waals surface area (Å²) < 4.78 is 44.9. The van der Waals surface area contributed by atoms with Crippen molar-refractivity contribution < 1.29 is 32.3 Å². The number of carbonyl (C=O) groups excluding carboxylic acids is 3. The minimum atomic E-state index is -5.07. The molecule has 31 heavy (non-hydrogen) atoms. The SMILES string of the molecule is COC(=O)c1ccc2c(C(=O)C(F)(F)F)cn(CC(=O)NCCc3ccccc3)c2c1. The van der Waals surface area contributed by atoms with E-state index in [1.807, 2.05) is 30.3 Å². The van der Waals surface area contributed by atoms with Crippen LogP contribution in [0.3, 0.4) is 0 Å². The van der Waals surface area contributed by atoms with Crippen molar-refractivity contribution in [2.24, 2.45) is 0 Å². The number of nitrogens with zero attached hydrogens (tertiary/aromatic N) is 1. The number of Topliss-reactive ketones (excluding diaryl/α,β-unsaturated/α-hetero) is 1. The highest BCUT2D eigenvalue weighted by Gasteiger charge is 2.41. The first kappa shape index (κ1) is 22.1. The Morgan fingerprint density at radius 3 is 2.42 bits per heavy atom. The number of rotatable bonds is 7. The van der Waals surface area contributed by atoms with Gasteiger partial charge in [-0.15, -0.1) is 0 Å². The number of amides is 1. The normalized spacial score (nSPS) is 11.4. The van der Waals surface area contributed by atoms with Crippen LogP contribution in [0.25, 0.3) is 10.9 Å². The minimum absolute atomic E-state index is 0.00735. The first-order valence-corrected chi connectivity index (χ1v) is 9.34. The van der Waals surface area contributed by atoms with Gasteiger partial charge in [0.05, 0.1) is 23.8 Å². The number of benzene rings is 2. The van der Waals surface area contributed by atoms with Gasteiger partial charge in [0.1, 0.15) is 6.54 Å². The molecule has 0 aliphatic rings. The number of nitrogens with one attached hydrogen (secondary N) is 1. The molecule has 162 valence electrons. The number of hydrogen-bond acceptors (Lipinski definition) is 4. The van der Waals surface area contributed by atoms with Crippen LogP contribution in [0.15, 0.2) is 54.7 Å². The Labute approximate surface area is 175 Å². The summed E-state index contributed by atoms with van der Waals surface area (Å²) in [5.74, 6) is -3.15. The Balaban J connectivity index is 1.85. The van der Waals surface area contributed by atoms with E-state index in [9.17, 15) is 27.6 Å². The van der Waals surface area contributed by atoms with Crippen LogP contribution in [0.2, 0.25) is 0 Å². The molecule has 0 atom stereocenters. The number of methoxy groups -OCH3 is 1. The maximum absolute atomic E-state index is 13.0. The van der Waals surface area contributed by atoms with Crippen molar-refractivity contribution in [2.45, 2.75) is 19.1 Å². The van der Waals surface area contributed by atoms with Gasteiger partial charge in [0, 0.05) is 18.1 Å². The Kier molecular flexibility index (Phi) is 6.43. The van der Waals surface area contributed by atoms with E-state index in [0.717, 1.165) is 11.8 Å². The van der Waals surface area contributed by atoms with E-state index in [0.29, 0.717) is 13.0 Å². The van der Waals surface area contributed by atoms with Crippen LogP contribution in [0.4, 0.5) is 13.2 Å². The van der Waals surface area contributed by atoms with Crippen LogP contribution in [0.5, 0.6) is 0 Å². The summed E-state index contributed by atoms with van der Waals surface area (Å²) in [6.45, 7) is 0.0187. The highest BCUT2D eigenvalue weighted by atomic mass is 19.4. The van der Waals surface area contributed by atoms with Gasteiger partial charge in [0.25, 0.3) is 5.78 Å². The molecule has 0 saturated heterocycles. The predicted octanol–water partition coefficient (Wildman–Crippen LogP) is 3.53. The molecule has 1 amide bonds. The molecule has 1 heterocycles. The highest BCUT2D eigenvalue weighted by Crippen LogP contribution is 2.29. The number of fused-ring (bicyclic) bond motifs is 1. The van der Waals surface area contributed by atoms with E-state index in [-0.39, 0.29) is 23.0 Å². The second kappa shape index (κ2) is 9.03. The summed E-state index contributed by atoms with van der Waals surface area (Å²) in [7, 11) is 1.17. The van der Waals surface area contributed by atoms with Crippen LogP contribution in [0.1, 0.15) is 26.3 Å². The van der Waals surface area contributed by atoms with Gasteiger partial charge in [0.2, 0.25) is 5.91 Å². The van der Waals surface area contributed by atoms with Gasteiger partial charge >= 0.3 is 12.1 Å². The van der Waals surface area contributed by atoms with E-state index in [4.69, 9.17) is 0 Å². The van der Waals surface area contributed by atoms with Gasteiger partial charge in [-0.3, -0.25) is 9.59 Å². The van der Waals surface area contributed by atoms with Crippen molar-refractivity contribution in [3.63, 3.8) is 0 Å². The molecule has 3 aromatic rings. The number of hydrogen-bond donors (Lipinski definition) is 1. The molecule has 0 aliphatic carbocycles. The predicted molar refractivity (Wildman–Crippen MR) is 107 cm³/mol. The van der Waals surface area contributed by atoms with Crippen molar-refractivity contribution in [1.29, 1.82) is 0 Å². The van der Waals surface area contributed by atoms with Gasteiger partial charge in [-0.2, -0.15) is 13.2 Å². The van der Waals surface area contributed by atoms with Crippen LogP contribution in [0, 0.1) is 0 Å². The zero-order valence-corrected chi connectivity index (χ0v) is 16.5. The van der Waals surface area contributed by atoms with Gasteiger partial charge in [-0.1, -0.05) is 36.4 Å². The molecular formula is C22H19F3N2O4. The van der Waals surface area contributed by atoms with Crippen molar-refractivity contribution in [3.8, 4) is 0 Å². The zero-order valence-electron chi connectivity index (χ0n) is 16.5. The lowest BCUT2D eigenvalue weighted by Crippen LogP contribution is -2.29. The van der Waals surface area contributed by atoms with E-state index < -0.39 is 29.4 Å². The number of ether oxygens (including phenoxy) is 1. The summed E-state index contributed by atoms with van der Waals surface area (Å²) in [6, 6.07) is 13.3. The number of aromatic nitrogens is 1. The van der Waals surface area contributed by atoms with E-state index >= 15 is 0 Å². The fourth-order valence-electron chi connectivity index (χ4n) is 3.20. The minimum Gasteiger partial charge on any atom is -0.465 e. The fraction of sp³-hybridized carbons (Fsp3) is 0.227. The number of esters is 1. The quantitative estimate of drug-likeness (QED) is 0.458. The third kappa shape index (κ3) is 5.11. The van der Waals surface area contributed by atoms with Crippen LogP contribution in [-0.2, 0) is 22.5 Å². The third-order valence-corrected chi connectivity index (χ3v) is 4.70. The van der Waals surface area contributed by atoms with Gasteiger partial charge < -0.3 is 14.6 Å². The summed E-state index contributed by atoms with van der Waals surface area (Å²) in [5, 5.41) is 2.70. The van der Waals surface area contributed by atoms with Crippen LogP contribution < -0.4 is 5.32 Å². The lowest BCUT2D eigenvalue weighted by atomic mass is 10.1. The molecule has 0 spiro atoms. The summed E-state index contributed by atoms with van der Waals surface area (Å²) in [5.41, 5.74) is 0.671. The Morgan fingerprint density at radius 2 is 1.77 bits per heavy atom. The highest BCUT2D eigenvalue weighted by molar-refractivity contribution is 6.11. The number of ketones is 1. The molecule has 0 saturated carbocycles. The summed E-state index contributed by atoms with van der Waals surface area (Å²) >= 11 is 0. The lowest BCUT2D eigenvalue weighted by molar-refractivity contribution is -0.121. The van der Waals surface area contributed by atoms with E-state index in [1.165, 1.54) is 29.9 Å². The topological polar surface area (TPSA) is 77.4 Å². The second-order valence-electron chi connectivity index (χ2n) is 6.81. The van der Waals surface area contributed by atoms with E-state index in [1.54, 1.807) is 0 Å². The van der Waals surface area contributed by atoms with Crippen molar-refractivity contribution in [1.82, 2.24) is 9.88 Å². The molecule has 0 unspecified atom stereocenters. The molecule has 1 aromatic heterocycles. The molecule has 1 N–H and O–H groups in total. The molecular weight excluding hydrogens is 413 g/mol. The maximum atomic E-state index is 13.0. The van der Waals surface area contributed by atoms with Crippen LogP contribution in [-0.4, -0.2) is 42.1 Å². The fourth-order valence-corrected chi connectivity index (χ4v) is 3.20. The summed E-state index contributed by atoms with van der Waals surface area (Å²) in [6.07, 6.45) is -3.50. The van der Waals surface area contributed by atoms with Gasteiger partial charge in [-0.05, 0) is 24.1 Å². The molecule has 3 rings (SSSR count). The standard InChI is InChI=1S/C22H19F3N2O4/c1-31-21(30)15-7-8-16-17(20(29)22(23,24)25)12-27(18(16)11-15)13-19(28)26-10-9-14-5-3-2-4-6-14/h2-8,11-12H,9-10,13H2,1H3,(H,26,28). The van der Waals surface area contributed by atoms with Crippen molar-refractivity contribution in [2.75, 3.05) is 13.7 Å². The molecule has 0 radical (unpaired) electrons. The Morgan fingerprint density at radius 1 is 1.06 bits per heavy atom. The van der Waals surface area contributed by atoms with Crippen molar-refractivity contribution >= 4 is 28.6 Å². The molecule has 6 nitrogen and oxygen atoms in total. The number of halogens is 3. The monoisotopic (exact) mass is 432 g/mol. The molecule has 0 fully saturated rings. The average Bonchev–Trinajstić information content (AvgIpc) is 3.10. The zero-order chi connectivity index (χ0) is 22.6. The first-order valence-electron chi connectivity index (χ1n) is 9.34. The number of alkyl halides is 3. The number of carbonyl (C=O) groups is 3. The smallest absolute Gasteiger partial charge is 0.454 e. The van der Waals surface area contributed by atoms with Gasteiger partial charge in [-0.25, -0.2) is 4.79 Å². The molecule has 9 heteroatoms. The third-order valence-electron chi connectivity index (χ3n) is 4.70. The van der Waals surface area contributed by atoms with Gasteiger partial charge in [0.15, 0.2) is 0 Å². The van der Waals surface area contributed by atoms with E-state index in [2.05, 4.69) is 10.1 Å². The molecule has 0 aliphatic heterocycles. The maximum Gasteiger partial charge on any atom is 0.454 e. The Hall–Kier alpha value is -3.62. The molecule has 2 aromatic carbocycles. The largest absolute Gasteiger partial charge is 0.465 e. The van der Waals surface area contributed by atoms with Crippen LogP contribution >= 0.6 is 0 Å².